The maximum Gasteiger partial charge on any atom is 0.343 e. The molecular formula is C12H14ClN5OS. The predicted octanol–water partition coefficient (Wildman–Crippen LogP) is 2.07. The van der Waals surface area contributed by atoms with Crippen molar-refractivity contribution in [1.82, 2.24) is 14.8 Å². The van der Waals surface area contributed by atoms with Gasteiger partial charge in [-0.3, -0.25) is 9.98 Å². The number of amidine groups is 1. The van der Waals surface area contributed by atoms with Crippen LogP contribution >= 0.6 is 23.4 Å². The fourth-order valence-corrected chi connectivity index (χ4v) is 2.86. The Hall–Kier alpha value is -1.73. The van der Waals surface area contributed by atoms with Gasteiger partial charge < -0.3 is 5.73 Å². The summed E-state index contributed by atoms with van der Waals surface area (Å²) in [6.45, 7) is 2.57. The van der Waals surface area contributed by atoms with E-state index in [1.807, 2.05) is 6.92 Å². The molecule has 20 heavy (non-hydrogen) atoms. The molecular weight excluding hydrogens is 298 g/mol. The van der Waals surface area contributed by atoms with Gasteiger partial charge in [0.15, 0.2) is 5.16 Å². The van der Waals surface area contributed by atoms with E-state index in [1.54, 1.807) is 22.8 Å². The van der Waals surface area contributed by atoms with Crippen molar-refractivity contribution in [1.29, 1.82) is 5.41 Å². The molecule has 0 aliphatic carbocycles. The Morgan fingerprint density at radius 1 is 1.60 bits per heavy atom. The lowest BCUT2D eigenvalue weighted by molar-refractivity contribution is 0.604. The number of hydrogen-bond donors (Lipinski definition) is 3. The van der Waals surface area contributed by atoms with Gasteiger partial charge in [-0.2, -0.15) is 0 Å². The molecule has 0 unspecified atom stereocenters. The highest BCUT2D eigenvalue weighted by Gasteiger charge is 2.13. The summed E-state index contributed by atoms with van der Waals surface area (Å²) >= 11 is 7.19. The van der Waals surface area contributed by atoms with Crippen molar-refractivity contribution in [2.45, 2.75) is 29.9 Å². The van der Waals surface area contributed by atoms with Gasteiger partial charge in [0.05, 0.1) is 0 Å². The molecule has 6 nitrogen and oxygen atoms in total. The Labute approximate surface area is 124 Å². The lowest BCUT2D eigenvalue weighted by Crippen LogP contribution is -2.17. The number of nitrogens with one attached hydrogen (secondary N) is 2. The number of nitrogens with zero attached hydrogens (tertiary/aromatic N) is 2. The quantitative estimate of drug-likeness (QED) is 0.581. The van der Waals surface area contributed by atoms with Gasteiger partial charge in [-0.25, -0.2) is 9.89 Å². The first-order valence-electron chi connectivity index (χ1n) is 6.00. The van der Waals surface area contributed by atoms with Gasteiger partial charge in [0.1, 0.15) is 5.84 Å². The first-order chi connectivity index (χ1) is 9.52. The zero-order chi connectivity index (χ0) is 14.7. The number of aromatic nitrogens is 3. The van der Waals surface area contributed by atoms with E-state index >= 15 is 0 Å². The normalized spacial score (nSPS) is 10.7. The van der Waals surface area contributed by atoms with Crippen LogP contribution in [0.1, 0.15) is 18.9 Å². The lowest BCUT2D eigenvalue weighted by atomic mass is 10.2. The van der Waals surface area contributed by atoms with Crippen LogP contribution < -0.4 is 11.4 Å². The summed E-state index contributed by atoms with van der Waals surface area (Å²) < 4.78 is 1.56. The highest BCUT2D eigenvalue weighted by molar-refractivity contribution is 7.99. The molecule has 106 valence electrons. The average molecular weight is 312 g/mol. The molecule has 0 bridgehead atoms. The largest absolute Gasteiger partial charge is 0.384 e. The summed E-state index contributed by atoms with van der Waals surface area (Å²) in [5.41, 5.74) is 5.84. The van der Waals surface area contributed by atoms with E-state index in [9.17, 15) is 4.79 Å². The molecule has 8 heteroatoms. The van der Waals surface area contributed by atoms with E-state index in [0.717, 1.165) is 11.3 Å². The fraction of sp³-hybridized carbons (Fsp3) is 0.250. The van der Waals surface area contributed by atoms with E-state index in [0.29, 0.717) is 22.3 Å². The Morgan fingerprint density at radius 2 is 2.35 bits per heavy atom. The number of nitrogens with two attached hydrogens (primary N) is 1. The highest BCUT2D eigenvalue weighted by atomic mass is 35.5. The molecule has 2 aromatic rings. The second-order valence-electron chi connectivity index (χ2n) is 4.12. The molecule has 1 heterocycles. The van der Waals surface area contributed by atoms with E-state index < -0.39 is 0 Å². The topological polar surface area (TPSA) is 101 Å². The molecule has 1 aromatic heterocycles. The molecule has 0 fully saturated rings. The zero-order valence-electron chi connectivity index (χ0n) is 10.8. The van der Waals surface area contributed by atoms with Gasteiger partial charge in [0.25, 0.3) is 0 Å². The Balaban J connectivity index is 2.40. The minimum Gasteiger partial charge on any atom is -0.384 e. The molecule has 0 amide bonds. The summed E-state index contributed by atoms with van der Waals surface area (Å²) in [7, 11) is 0. The second-order valence-corrected chi connectivity index (χ2v) is 5.56. The van der Waals surface area contributed by atoms with Crippen molar-refractivity contribution < 1.29 is 0 Å². The predicted molar refractivity (Wildman–Crippen MR) is 79.7 cm³/mol. The van der Waals surface area contributed by atoms with Crippen LogP contribution in [0, 0.1) is 5.41 Å². The second kappa shape index (κ2) is 6.15. The number of benzene rings is 1. The first kappa shape index (κ1) is 14.7. The number of hydrogen-bond acceptors (Lipinski definition) is 4. The van der Waals surface area contributed by atoms with E-state index in [1.165, 1.54) is 11.8 Å². The van der Waals surface area contributed by atoms with Crippen LogP contribution in [0.15, 0.2) is 33.0 Å². The SMILES string of the molecule is CCCn1c(Sc2ccc(Cl)cc2C(=N)N)n[nH]c1=O. The van der Waals surface area contributed by atoms with Crippen molar-refractivity contribution in [3.63, 3.8) is 0 Å². The summed E-state index contributed by atoms with van der Waals surface area (Å²) in [4.78, 5) is 12.4. The fourth-order valence-electron chi connectivity index (χ4n) is 1.70. The number of rotatable bonds is 5. The first-order valence-corrected chi connectivity index (χ1v) is 7.19. The molecule has 0 saturated carbocycles. The third kappa shape index (κ3) is 3.05. The van der Waals surface area contributed by atoms with Gasteiger partial charge >= 0.3 is 5.69 Å². The third-order valence-electron chi connectivity index (χ3n) is 2.60. The Kier molecular flexibility index (Phi) is 4.51. The standard InChI is InChI=1S/C12H14ClN5OS/c1-2-5-18-11(19)16-17-12(18)20-9-4-3-7(13)6-8(9)10(14)15/h3-4,6H,2,5H2,1H3,(H3,14,15)(H,16,19). The molecule has 0 spiro atoms. The molecule has 0 atom stereocenters. The molecule has 0 aliphatic heterocycles. The van der Waals surface area contributed by atoms with Crippen LogP contribution in [0.3, 0.4) is 0 Å². The van der Waals surface area contributed by atoms with Gasteiger partial charge in [-0.1, -0.05) is 18.5 Å². The van der Waals surface area contributed by atoms with Crippen LogP contribution in [-0.2, 0) is 6.54 Å². The molecule has 0 aliphatic rings. The van der Waals surface area contributed by atoms with Crippen LogP contribution in [0.25, 0.3) is 0 Å². The summed E-state index contributed by atoms with van der Waals surface area (Å²) in [5.74, 6) is -0.0741. The molecule has 0 radical (unpaired) electrons. The minimum atomic E-state index is -0.243. The van der Waals surface area contributed by atoms with Crippen molar-refractivity contribution in [2.24, 2.45) is 5.73 Å². The smallest absolute Gasteiger partial charge is 0.343 e. The zero-order valence-corrected chi connectivity index (χ0v) is 12.4. The minimum absolute atomic E-state index is 0.0741. The monoisotopic (exact) mass is 311 g/mol. The third-order valence-corrected chi connectivity index (χ3v) is 3.91. The van der Waals surface area contributed by atoms with Crippen molar-refractivity contribution in [3.8, 4) is 0 Å². The Morgan fingerprint density at radius 3 is 3.00 bits per heavy atom. The highest BCUT2D eigenvalue weighted by Crippen LogP contribution is 2.30. The van der Waals surface area contributed by atoms with Crippen molar-refractivity contribution >= 4 is 29.2 Å². The summed E-state index contributed by atoms with van der Waals surface area (Å²) in [6, 6.07) is 5.10. The van der Waals surface area contributed by atoms with E-state index in [2.05, 4.69) is 10.2 Å². The lowest BCUT2D eigenvalue weighted by Gasteiger charge is -2.08. The number of nitrogen functional groups attached to an aromatic ring is 1. The van der Waals surface area contributed by atoms with Gasteiger partial charge in [-0.15, -0.1) is 5.10 Å². The number of halogens is 1. The number of aromatic amines is 1. The summed E-state index contributed by atoms with van der Waals surface area (Å²) in [5, 5.41) is 15.1. The van der Waals surface area contributed by atoms with Crippen LogP contribution in [0.4, 0.5) is 0 Å². The van der Waals surface area contributed by atoms with Crippen LogP contribution in [0.5, 0.6) is 0 Å². The van der Waals surface area contributed by atoms with Crippen LogP contribution in [-0.4, -0.2) is 20.6 Å². The molecule has 2 rings (SSSR count). The molecule has 0 saturated heterocycles. The van der Waals surface area contributed by atoms with Crippen molar-refractivity contribution in [2.75, 3.05) is 0 Å². The molecule has 4 N–H and O–H groups in total. The van der Waals surface area contributed by atoms with Gasteiger partial charge in [-0.05, 0) is 36.4 Å². The number of H-pyrrole nitrogens is 1. The summed E-state index contributed by atoms with van der Waals surface area (Å²) in [6.07, 6.45) is 0.827. The molecule has 1 aromatic carbocycles. The van der Waals surface area contributed by atoms with Crippen LogP contribution in [0.2, 0.25) is 5.02 Å². The van der Waals surface area contributed by atoms with Crippen molar-refractivity contribution in [3.05, 3.63) is 39.3 Å². The van der Waals surface area contributed by atoms with Gasteiger partial charge in [0.2, 0.25) is 0 Å². The average Bonchev–Trinajstić information content (AvgIpc) is 2.74. The maximum absolute atomic E-state index is 11.6. The Bertz CT molecular complexity index is 693. The van der Waals surface area contributed by atoms with E-state index in [4.69, 9.17) is 22.7 Å². The maximum atomic E-state index is 11.6. The van der Waals surface area contributed by atoms with E-state index in [-0.39, 0.29) is 11.5 Å². The van der Waals surface area contributed by atoms with Gasteiger partial charge in [0, 0.05) is 22.0 Å².